The Morgan fingerprint density at radius 2 is 1.11 bits per heavy atom. The third-order valence-corrected chi connectivity index (χ3v) is 10.1. The Morgan fingerprint density at radius 1 is 0.587 bits per heavy atom. The zero-order valence-corrected chi connectivity index (χ0v) is 27.1. The molecule has 5 aromatic rings. The summed E-state index contributed by atoms with van der Waals surface area (Å²) in [6.45, 7) is 4.38. The van der Waals surface area contributed by atoms with Crippen molar-refractivity contribution >= 4 is 72.5 Å². The van der Waals surface area contributed by atoms with Gasteiger partial charge < -0.3 is 9.64 Å². The first-order valence-corrected chi connectivity index (χ1v) is 16.8. The van der Waals surface area contributed by atoms with Gasteiger partial charge in [-0.15, -0.1) is 0 Å². The van der Waals surface area contributed by atoms with E-state index >= 15 is 0 Å². The minimum absolute atomic E-state index is 0.138. The van der Waals surface area contributed by atoms with Gasteiger partial charge in [0.1, 0.15) is 0 Å². The summed E-state index contributed by atoms with van der Waals surface area (Å²) < 4.78 is 5.04. The van der Waals surface area contributed by atoms with Gasteiger partial charge in [0.15, 0.2) is 0 Å². The van der Waals surface area contributed by atoms with Gasteiger partial charge in [0.05, 0.1) is 16.7 Å². The molecule has 0 bridgehead atoms. The average Bonchev–Trinajstić information content (AvgIpc) is 3.05. The molecular formula is C39H40N2O5. The van der Waals surface area contributed by atoms with Crippen LogP contribution in [-0.4, -0.2) is 48.8 Å². The van der Waals surface area contributed by atoms with Crippen molar-refractivity contribution in [2.24, 2.45) is 0 Å². The Kier molecular flexibility index (Phi) is 7.66. The minimum Gasteiger partial charge on any atom is -0.386 e. The molecule has 0 atom stereocenters. The molecule has 2 aliphatic rings. The molecule has 2 amide bonds. The molecule has 0 saturated heterocycles. The Morgan fingerprint density at radius 3 is 1.70 bits per heavy atom. The number of hydrogen-bond acceptors (Lipinski definition) is 6. The molecule has 46 heavy (non-hydrogen) atoms. The summed E-state index contributed by atoms with van der Waals surface area (Å²) in [7, 11) is 3.91. The van der Waals surface area contributed by atoms with Gasteiger partial charge >= 0.3 is 11.9 Å². The summed E-state index contributed by atoms with van der Waals surface area (Å²) in [6.07, 6.45) is 10.4. The van der Waals surface area contributed by atoms with Crippen molar-refractivity contribution in [3.05, 3.63) is 64.7 Å². The van der Waals surface area contributed by atoms with E-state index in [9.17, 15) is 19.2 Å². The highest BCUT2D eigenvalue weighted by Gasteiger charge is 2.39. The molecule has 7 heteroatoms. The minimum atomic E-state index is -0.652. The number of unbranched alkanes of at least 4 members (excludes halogenated alkanes) is 6. The summed E-state index contributed by atoms with van der Waals surface area (Å²) in [4.78, 5) is 58.2. The van der Waals surface area contributed by atoms with Crippen LogP contribution in [-0.2, 0) is 4.74 Å². The van der Waals surface area contributed by atoms with Crippen molar-refractivity contribution < 1.29 is 23.9 Å². The van der Waals surface area contributed by atoms with Crippen molar-refractivity contribution in [1.82, 2.24) is 4.90 Å². The van der Waals surface area contributed by atoms with Gasteiger partial charge in [-0.05, 0) is 58.7 Å². The first-order chi connectivity index (χ1) is 22.3. The number of hydrogen-bond donors (Lipinski definition) is 0. The van der Waals surface area contributed by atoms with Crippen LogP contribution in [0.25, 0.3) is 43.1 Å². The normalized spacial score (nSPS) is 14.6. The maximum absolute atomic E-state index is 14.6. The number of carbonyl (C=O) groups excluding carboxylic acids is 4. The van der Waals surface area contributed by atoms with Crippen LogP contribution >= 0.6 is 0 Å². The highest BCUT2D eigenvalue weighted by molar-refractivity contribution is 6.42. The summed E-state index contributed by atoms with van der Waals surface area (Å²) in [6, 6.07) is 12.9. The SMILES string of the molecule is CCCCCCC(CCCCCC)N1C(=O)c2ccc3c4ccc5c6c(ccc(c7c(N(C)C)cc(c2c37)C1=O)c64)C(=O)OC5=O. The fourth-order valence-corrected chi connectivity index (χ4v) is 7.91. The Hall–Kier alpha value is -4.52. The third-order valence-electron chi connectivity index (χ3n) is 10.1. The molecule has 0 fully saturated rings. The van der Waals surface area contributed by atoms with E-state index in [1.54, 1.807) is 17.0 Å². The second kappa shape index (κ2) is 11.7. The molecule has 0 unspecified atom stereocenters. The average molecular weight is 617 g/mol. The van der Waals surface area contributed by atoms with E-state index < -0.39 is 11.9 Å². The van der Waals surface area contributed by atoms with Crippen LogP contribution in [0.2, 0.25) is 0 Å². The van der Waals surface area contributed by atoms with Gasteiger partial charge in [-0.25, -0.2) is 9.59 Å². The van der Waals surface area contributed by atoms with E-state index in [1.165, 1.54) is 0 Å². The number of anilines is 1. The van der Waals surface area contributed by atoms with Crippen molar-refractivity contribution in [3.63, 3.8) is 0 Å². The predicted octanol–water partition coefficient (Wildman–Crippen LogP) is 9.02. The lowest BCUT2D eigenvalue weighted by Crippen LogP contribution is -2.47. The molecule has 0 saturated carbocycles. The van der Waals surface area contributed by atoms with Gasteiger partial charge in [0.25, 0.3) is 11.8 Å². The number of benzene rings is 5. The topological polar surface area (TPSA) is 84.0 Å². The maximum atomic E-state index is 14.6. The summed E-state index contributed by atoms with van der Waals surface area (Å²) in [5, 5.41) is 6.47. The molecule has 0 N–H and O–H groups in total. The Labute approximate surface area is 268 Å². The molecule has 0 radical (unpaired) electrons. The number of imide groups is 1. The van der Waals surface area contributed by atoms with Crippen molar-refractivity contribution in [1.29, 1.82) is 0 Å². The van der Waals surface area contributed by atoms with Crippen molar-refractivity contribution in [2.45, 2.75) is 84.1 Å². The zero-order valence-electron chi connectivity index (χ0n) is 27.1. The van der Waals surface area contributed by atoms with Crippen LogP contribution in [0.3, 0.4) is 0 Å². The van der Waals surface area contributed by atoms with E-state index in [0.29, 0.717) is 33.0 Å². The van der Waals surface area contributed by atoms with E-state index in [0.717, 1.165) is 102 Å². The van der Waals surface area contributed by atoms with E-state index in [-0.39, 0.29) is 17.9 Å². The zero-order chi connectivity index (χ0) is 32.3. The monoisotopic (exact) mass is 616 g/mol. The second-order valence-corrected chi connectivity index (χ2v) is 13.2. The summed E-state index contributed by atoms with van der Waals surface area (Å²) >= 11 is 0. The fraction of sp³-hybridized carbons (Fsp3) is 0.385. The molecule has 0 aromatic heterocycles. The van der Waals surface area contributed by atoms with Gasteiger partial charge in [-0.3, -0.25) is 14.5 Å². The van der Waals surface area contributed by atoms with E-state index in [2.05, 4.69) is 13.8 Å². The molecule has 0 aliphatic carbocycles. The Balaban J connectivity index is 1.47. The number of rotatable bonds is 12. The number of ether oxygens (including phenoxy) is 1. The van der Waals surface area contributed by atoms with Crippen LogP contribution in [0.5, 0.6) is 0 Å². The molecule has 2 heterocycles. The number of esters is 2. The molecule has 5 aromatic carbocycles. The summed E-state index contributed by atoms with van der Waals surface area (Å²) in [5.74, 6) is -1.74. The second-order valence-electron chi connectivity index (χ2n) is 13.2. The van der Waals surface area contributed by atoms with Gasteiger partial charge in [-0.1, -0.05) is 83.4 Å². The van der Waals surface area contributed by atoms with E-state index in [4.69, 9.17) is 4.74 Å². The smallest absolute Gasteiger partial charge is 0.346 e. The third kappa shape index (κ3) is 4.46. The van der Waals surface area contributed by atoms with Gasteiger partial charge in [0.2, 0.25) is 0 Å². The van der Waals surface area contributed by atoms with E-state index in [1.807, 2.05) is 49.3 Å². The lowest BCUT2D eigenvalue weighted by Gasteiger charge is -2.35. The van der Waals surface area contributed by atoms with Crippen LogP contribution in [0.15, 0.2) is 42.5 Å². The maximum Gasteiger partial charge on any atom is 0.346 e. The predicted molar refractivity (Wildman–Crippen MR) is 184 cm³/mol. The molecule has 7 nitrogen and oxygen atoms in total. The van der Waals surface area contributed by atoms with Crippen LogP contribution in [0.1, 0.15) is 119 Å². The first kappa shape index (κ1) is 30.2. The number of carbonyl (C=O) groups is 4. The number of fused-ring (bicyclic) bond motifs is 2. The number of amides is 2. The van der Waals surface area contributed by atoms with Gasteiger partial charge in [0, 0.05) is 52.9 Å². The highest BCUT2D eigenvalue weighted by atomic mass is 16.6. The standard InChI is InChI=1S/C39H40N2O5/c1-5-7-9-11-13-22(14-12-10-8-6-2)41-36(42)26-18-15-24-23-16-19-27-33-28(39(45)46-38(27)44)20-17-25(31(23)33)34-30(40(3)4)21-29(37(41)43)32(26)35(24)34/h15-22H,5-14H2,1-4H3. The molecule has 236 valence electrons. The first-order valence-electron chi connectivity index (χ1n) is 16.8. The fourth-order valence-electron chi connectivity index (χ4n) is 7.91. The number of nitrogens with zero attached hydrogens (tertiary/aromatic N) is 2. The van der Waals surface area contributed by atoms with Crippen LogP contribution in [0, 0.1) is 0 Å². The van der Waals surface area contributed by atoms with Crippen molar-refractivity contribution in [3.8, 4) is 0 Å². The molecular weight excluding hydrogens is 576 g/mol. The Bertz CT molecular complexity index is 2040. The largest absolute Gasteiger partial charge is 0.386 e. The molecule has 7 rings (SSSR count). The van der Waals surface area contributed by atoms with Crippen molar-refractivity contribution in [2.75, 3.05) is 19.0 Å². The van der Waals surface area contributed by atoms with Gasteiger partial charge in [-0.2, -0.15) is 0 Å². The quantitative estimate of drug-likeness (QED) is 0.0347. The summed E-state index contributed by atoms with van der Waals surface area (Å²) in [5.41, 5.74) is 2.68. The lowest BCUT2D eigenvalue weighted by atomic mass is 9.81. The number of cyclic esters (lactones) is 2. The molecule has 0 spiro atoms. The highest BCUT2D eigenvalue weighted by Crippen LogP contribution is 2.49. The molecule has 2 aliphatic heterocycles. The lowest BCUT2D eigenvalue weighted by molar-refractivity contribution is 0.0389. The van der Waals surface area contributed by atoms with Crippen LogP contribution in [0.4, 0.5) is 5.69 Å². The van der Waals surface area contributed by atoms with Crippen LogP contribution < -0.4 is 4.90 Å².